The molecule has 0 unspecified atom stereocenters. The van der Waals surface area contributed by atoms with E-state index in [-0.39, 0.29) is 18.3 Å². The number of aryl methyl sites for hydroxylation is 2. The van der Waals surface area contributed by atoms with E-state index < -0.39 is 17.5 Å². The van der Waals surface area contributed by atoms with Crippen LogP contribution in [0.5, 0.6) is 0 Å². The van der Waals surface area contributed by atoms with Gasteiger partial charge in [-0.05, 0) is 76.2 Å². The van der Waals surface area contributed by atoms with Gasteiger partial charge >= 0.3 is 0 Å². The fourth-order valence-electron chi connectivity index (χ4n) is 3.56. The first kappa shape index (κ1) is 23.9. The van der Waals surface area contributed by atoms with E-state index in [9.17, 15) is 9.59 Å². The molecule has 1 atom stereocenters. The van der Waals surface area contributed by atoms with Crippen molar-refractivity contribution in [1.82, 2.24) is 25.5 Å². The first-order valence-corrected chi connectivity index (χ1v) is 11.2. The lowest BCUT2D eigenvalue weighted by Gasteiger charge is -2.32. The molecule has 0 fully saturated rings. The van der Waals surface area contributed by atoms with Gasteiger partial charge in [0.15, 0.2) is 11.8 Å². The van der Waals surface area contributed by atoms with E-state index in [2.05, 4.69) is 20.7 Å². The zero-order valence-electron chi connectivity index (χ0n) is 20.3. The van der Waals surface area contributed by atoms with Gasteiger partial charge in [0.1, 0.15) is 18.1 Å². The minimum absolute atomic E-state index is 0.249. The smallest absolute Gasteiger partial charge is 0.251 e. The van der Waals surface area contributed by atoms with Crippen LogP contribution < -0.4 is 10.2 Å². The molecule has 0 aliphatic rings. The fourth-order valence-corrected chi connectivity index (χ4v) is 3.56. The maximum absolute atomic E-state index is 13.7. The van der Waals surface area contributed by atoms with Crippen LogP contribution in [0.2, 0.25) is 0 Å². The number of nitrogens with one attached hydrogen (secondary N) is 1. The largest absolute Gasteiger partial charge is 0.467 e. The Labute approximate surface area is 202 Å². The van der Waals surface area contributed by atoms with Crippen molar-refractivity contribution in [3.8, 4) is 11.6 Å². The normalized spacial score (nSPS) is 12.4. The molecule has 1 N–H and O–H groups in total. The number of benzene rings is 1. The van der Waals surface area contributed by atoms with Gasteiger partial charge in [0, 0.05) is 11.2 Å². The quantitative estimate of drug-likeness (QED) is 0.430. The molecule has 0 radical (unpaired) electrons. The zero-order valence-corrected chi connectivity index (χ0v) is 20.3. The number of hydrogen-bond donors (Lipinski definition) is 1. The van der Waals surface area contributed by atoms with Gasteiger partial charge < -0.3 is 14.2 Å². The van der Waals surface area contributed by atoms with E-state index in [4.69, 9.17) is 8.83 Å². The number of anilines is 1. The van der Waals surface area contributed by atoms with E-state index in [1.165, 1.54) is 16.0 Å². The van der Waals surface area contributed by atoms with Gasteiger partial charge in [0.05, 0.1) is 6.26 Å². The summed E-state index contributed by atoms with van der Waals surface area (Å²) in [6.07, 6.45) is 1.47. The molecule has 10 heteroatoms. The van der Waals surface area contributed by atoms with Crippen LogP contribution in [0.4, 0.5) is 5.69 Å². The molecule has 0 spiro atoms. The number of nitrogens with zero attached hydrogens (tertiary/aromatic N) is 5. The second-order valence-corrected chi connectivity index (χ2v) is 9.31. The van der Waals surface area contributed by atoms with Crippen molar-refractivity contribution in [3.05, 3.63) is 71.9 Å². The summed E-state index contributed by atoms with van der Waals surface area (Å²) in [5.74, 6) is 0.970. The van der Waals surface area contributed by atoms with Crippen molar-refractivity contribution >= 4 is 17.5 Å². The number of carbonyl (C=O) groups excluding carboxylic acids is 2. The van der Waals surface area contributed by atoms with Crippen LogP contribution in [0.25, 0.3) is 11.6 Å². The molecule has 10 nitrogen and oxygen atoms in total. The second-order valence-electron chi connectivity index (χ2n) is 9.31. The molecule has 2 amide bonds. The summed E-state index contributed by atoms with van der Waals surface area (Å²) in [6.45, 7) is 9.14. The third-order valence-electron chi connectivity index (χ3n) is 5.09. The molecule has 3 heterocycles. The molecule has 1 aromatic carbocycles. The summed E-state index contributed by atoms with van der Waals surface area (Å²) in [4.78, 5) is 29.7. The molecule has 0 saturated heterocycles. The van der Waals surface area contributed by atoms with Gasteiger partial charge in [-0.2, -0.15) is 4.80 Å². The molecule has 0 aliphatic carbocycles. The standard InChI is InChI=1S/C25H28N6O4/c1-16-8-11-18(12-9-16)31(22(19-7-6-14-34-19)24(33)26-25(3,4)5)21(32)15-30-28-23(27-29-30)20-13-10-17(2)35-20/h6-14,22H,15H2,1-5H3,(H,26,33)/t22-/m0/s1. The first-order valence-electron chi connectivity index (χ1n) is 11.2. The van der Waals surface area contributed by atoms with E-state index >= 15 is 0 Å². The monoisotopic (exact) mass is 476 g/mol. The average Bonchev–Trinajstić information content (AvgIpc) is 3.53. The van der Waals surface area contributed by atoms with Crippen LogP contribution in [0.15, 0.2) is 63.6 Å². The topological polar surface area (TPSA) is 119 Å². The molecular formula is C25H28N6O4. The van der Waals surface area contributed by atoms with E-state index in [1.807, 2.05) is 46.8 Å². The Kier molecular flexibility index (Phi) is 6.54. The highest BCUT2D eigenvalue weighted by Crippen LogP contribution is 2.29. The van der Waals surface area contributed by atoms with E-state index in [1.54, 1.807) is 36.4 Å². The number of hydrogen-bond acceptors (Lipinski definition) is 7. The van der Waals surface area contributed by atoms with E-state index in [0.29, 0.717) is 23.0 Å². The summed E-state index contributed by atoms with van der Waals surface area (Å²) in [5.41, 5.74) is 1.03. The minimum Gasteiger partial charge on any atom is -0.467 e. The lowest BCUT2D eigenvalue weighted by Crippen LogP contribution is -2.50. The van der Waals surface area contributed by atoms with Gasteiger partial charge in [-0.1, -0.05) is 17.7 Å². The third kappa shape index (κ3) is 5.65. The van der Waals surface area contributed by atoms with Crippen molar-refractivity contribution in [3.63, 3.8) is 0 Å². The summed E-state index contributed by atoms with van der Waals surface area (Å²) >= 11 is 0. The Morgan fingerprint density at radius 1 is 1.09 bits per heavy atom. The predicted octanol–water partition coefficient (Wildman–Crippen LogP) is 3.83. The van der Waals surface area contributed by atoms with Gasteiger partial charge in [-0.15, -0.1) is 10.2 Å². The Hall–Kier alpha value is -4.21. The van der Waals surface area contributed by atoms with Crippen molar-refractivity contribution in [2.24, 2.45) is 0 Å². The third-order valence-corrected chi connectivity index (χ3v) is 5.09. The highest BCUT2D eigenvalue weighted by atomic mass is 16.3. The number of carbonyl (C=O) groups is 2. The molecule has 182 valence electrons. The van der Waals surface area contributed by atoms with Crippen LogP contribution in [-0.2, 0) is 16.1 Å². The Morgan fingerprint density at radius 3 is 2.43 bits per heavy atom. The number of furan rings is 2. The number of amides is 2. The van der Waals surface area contributed by atoms with Crippen molar-refractivity contribution in [1.29, 1.82) is 0 Å². The number of rotatable bonds is 7. The molecule has 4 aromatic rings. The summed E-state index contributed by atoms with van der Waals surface area (Å²) in [7, 11) is 0. The Bertz CT molecular complexity index is 1300. The lowest BCUT2D eigenvalue weighted by atomic mass is 10.1. The summed E-state index contributed by atoms with van der Waals surface area (Å²) < 4.78 is 11.1. The van der Waals surface area contributed by atoms with Crippen LogP contribution in [-0.4, -0.2) is 37.6 Å². The van der Waals surface area contributed by atoms with Gasteiger partial charge in [-0.25, -0.2) is 0 Å². The Balaban J connectivity index is 1.70. The molecule has 0 saturated carbocycles. The van der Waals surface area contributed by atoms with Crippen molar-refractivity contribution < 1.29 is 18.4 Å². The van der Waals surface area contributed by atoms with Crippen LogP contribution in [0.1, 0.15) is 43.9 Å². The number of tetrazole rings is 1. The SMILES string of the molecule is Cc1ccc(N(C(=O)Cn2nnc(-c3ccc(C)o3)n2)[C@H](C(=O)NC(C)(C)C)c2ccco2)cc1. The summed E-state index contributed by atoms with van der Waals surface area (Å²) in [6, 6.07) is 13.2. The molecule has 4 rings (SSSR count). The maximum atomic E-state index is 13.7. The van der Waals surface area contributed by atoms with Gasteiger partial charge in [-0.3, -0.25) is 14.5 Å². The molecule has 35 heavy (non-hydrogen) atoms. The van der Waals surface area contributed by atoms with E-state index in [0.717, 1.165) is 5.56 Å². The zero-order chi connectivity index (χ0) is 25.2. The average molecular weight is 477 g/mol. The minimum atomic E-state index is -1.05. The highest BCUT2D eigenvalue weighted by molar-refractivity contribution is 6.01. The number of aromatic nitrogens is 4. The highest BCUT2D eigenvalue weighted by Gasteiger charge is 2.36. The second kappa shape index (κ2) is 9.57. The maximum Gasteiger partial charge on any atom is 0.251 e. The van der Waals surface area contributed by atoms with Crippen LogP contribution in [0.3, 0.4) is 0 Å². The Morgan fingerprint density at radius 2 is 1.83 bits per heavy atom. The fraction of sp³-hybridized carbons (Fsp3) is 0.320. The van der Waals surface area contributed by atoms with Crippen molar-refractivity contribution in [2.45, 2.75) is 52.7 Å². The van der Waals surface area contributed by atoms with Crippen molar-refractivity contribution in [2.75, 3.05) is 4.90 Å². The molecule has 3 aromatic heterocycles. The van der Waals surface area contributed by atoms with Crippen LogP contribution in [0, 0.1) is 13.8 Å². The first-order chi connectivity index (χ1) is 16.6. The lowest BCUT2D eigenvalue weighted by molar-refractivity contribution is -0.128. The molecule has 0 aliphatic heterocycles. The predicted molar refractivity (Wildman–Crippen MR) is 128 cm³/mol. The van der Waals surface area contributed by atoms with Gasteiger partial charge in [0.25, 0.3) is 11.8 Å². The van der Waals surface area contributed by atoms with Crippen LogP contribution >= 0.6 is 0 Å². The molecule has 0 bridgehead atoms. The summed E-state index contributed by atoms with van der Waals surface area (Å²) in [5, 5.41) is 15.2. The van der Waals surface area contributed by atoms with Gasteiger partial charge in [0.2, 0.25) is 5.82 Å². The molecular weight excluding hydrogens is 448 g/mol.